The quantitative estimate of drug-likeness (QED) is 0.423. The molecule has 0 N–H and O–H groups in total. The molecule has 1 saturated heterocycles. The maximum Gasteiger partial charge on any atom is 0.254 e. The number of carbonyl (C=O) groups excluding carboxylic acids is 2. The van der Waals surface area contributed by atoms with Gasteiger partial charge in [-0.2, -0.15) is 5.10 Å². The first-order valence-electron chi connectivity index (χ1n) is 12.1. The minimum absolute atomic E-state index is 0.0584. The SMILES string of the molecule is COc1cccc(C(=O)N2CCN(C(=O)c3cc(-c4ccccc4)nc4c3cnn4C(C)C)CC2)c1. The van der Waals surface area contributed by atoms with Gasteiger partial charge in [0.15, 0.2) is 5.65 Å². The van der Waals surface area contributed by atoms with Gasteiger partial charge in [0.2, 0.25) is 0 Å². The van der Waals surface area contributed by atoms with Crippen LogP contribution in [0.25, 0.3) is 22.3 Å². The predicted molar refractivity (Wildman–Crippen MR) is 138 cm³/mol. The smallest absolute Gasteiger partial charge is 0.254 e. The van der Waals surface area contributed by atoms with Crippen molar-refractivity contribution in [3.8, 4) is 17.0 Å². The van der Waals surface area contributed by atoms with Crippen LogP contribution in [0, 0.1) is 0 Å². The summed E-state index contributed by atoms with van der Waals surface area (Å²) in [4.78, 5) is 35.2. The molecule has 2 aromatic carbocycles. The third-order valence-electron chi connectivity index (χ3n) is 6.53. The van der Waals surface area contributed by atoms with Crippen molar-refractivity contribution in [3.63, 3.8) is 0 Å². The maximum absolute atomic E-state index is 13.7. The zero-order valence-corrected chi connectivity index (χ0v) is 20.7. The van der Waals surface area contributed by atoms with Crippen LogP contribution < -0.4 is 4.74 Å². The van der Waals surface area contributed by atoms with Gasteiger partial charge in [-0.25, -0.2) is 9.67 Å². The average Bonchev–Trinajstić information content (AvgIpc) is 3.37. The van der Waals surface area contributed by atoms with E-state index in [0.29, 0.717) is 48.7 Å². The van der Waals surface area contributed by atoms with Gasteiger partial charge in [-0.1, -0.05) is 36.4 Å². The van der Waals surface area contributed by atoms with E-state index in [1.807, 2.05) is 72.0 Å². The Labute approximate surface area is 210 Å². The summed E-state index contributed by atoms with van der Waals surface area (Å²) in [6.45, 7) is 5.93. The fraction of sp³-hybridized carbons (Fsp3) is 0.286. The molecular weight excluding hydrogens is 454 g/mol. The summed E-state index contributed by atoms with van der Waals surface area (Å²) in [5, 5.41) is 5.26. The largest absolute Gasteiger partial charge is 0.497 e. The molecule has 0 bridgehead atoms. The Kier molecular flexibility index (Phi) is 6.41. The van der Waals surface area contributed by atoms with Gasteiger partial charge >= 0.3 is 0 Å². The molecule has 8 nitrogen and oxygen atoms in total. The number of benzene rings is 2. The molecule has 2 aromatic heterocycles. The number of rotatable bonds is 5. The van der Waals surface area contributed by atoms with Gasteiger partial charge in [-0.05, 0) is 38.1 Å². The van der Waals surface area contributed by atoms with Gasteiger partial charge in [0.05, 0.1) is 30.0 Å². The molecule has 36 heavy (non-hydrogen) atoms. The van der Waals surface area contributed by atoms with Crippen LogP contribution >= 0.6 is 0 Å². The lowest BCUT2D eigenvalue weighted by atomic mass is 10.1. The summed E-state index contributed by atoms with van der Waals surface area (Å²) in [7, 11) is 1.58. The number of hydrogen-bond acceptors (Lipinski definition) is 5. The van der Waals surface area contributed by atoms with Crippen LogP contribution in [0.3, 0.4) is 0 Å². The summed E-state index contributed by atoms with van der Waals surface area (Å²) < 4.78 is 7.10. The van der Waals surface area contributed by atoms with Crippen LogP contribution in [-0.4, -0.2) is 69.7 Å². The number of carbonyl (C=O) groups is 2. The molecule has 0 spiro atoms. The Hall–Kier alpha value is -4.20. The van der Waals surface area contributed by atoms with Crippen molar-refractivity contribution in [1.82, 2.24) is 24.6 Å². The van der Waals surface area contributed by atoms with Crippen LogP contribution in [0.1, 0.15) is 40.6 Å². The topological polar surface area (TPSA) is 80.6 Å². The number of nitrogens with zero attached hydrogens (tertiary/aromatic N) is 5. The van der Waals surface area contributed by atoms with Gasteiger partial charge in [0, 0.05) is 43.3 Å². The van der Waals surface area contributed by atoms with E-state index in [0.717, 1.165) is 16.6 Å². The summed E-state index contributed by atoms with van der Waals surface area (Å²) in [6, 6.07) is 19.0. The molecule has 4 aromatic rings. The monoisotopic (exact) mass is 483 g/mol. The molecule has 2 amide bonds. The Balaban J connectivity index is 1.41. The lowest BCUT2D eigenvalue weighted by molar-refractivity contribution is 0.0536. The van der Waals surface area contributed by atoms with E-state index in [1.165, 1.54) is 0 Å². The van der Waals surface area contributed by atoms with Gasteiger partial charge in [-0.3, -0.25) is 9.59 Å². The molecular formula is C28H29N5O3. The van der Waals surface area contributed by atoms with Crippen LogP contribution in [0.15, 0.2) is 66.9 Å². The minimum atomic E-state index is -0.0728. The molecule has 0 saturated carbocycles. The standard InChI is InChI=1S/C28H29N5O3/c1-19(2)33-26-24(18-29-33)23(17-25(30-26)20-8-5-4-6-9-20)28(35)32-14-12-31(13-15-32)27(34)21-10-7-11-22(16-21)36-3/h4-11,16-19H,12-15H2,1-3H3. The second-order valence-corrected chi connectivity index (χ2v) is 9.16. The van der Waals surface area contributed by atoms with Crippen molar-refractivity contribution in [2.75, 3.05) is 33.3 Å². The molecule has 0 radical (unpaired) electrons. The number of aromatic nitrogens is 3. The first kappa shape index (κ1) is 23.5. The maximum atomic E-state index is 13.7. The van der Waals surface area contributed by atoms with Crippen molar-refractivity contribution in [2.24, 2.45) is 0 Å². The molecule has 3 heterocycles. The van der Waals surface area contributed by atoms with E-state index in [-0.39, 0.29) is 17.9 Å². The number of fused-ring (bicyclic) bond motifs is 1. The Morgan fingerprint density at radius 3 is 2.25 bits per heavy atom. The highest BCUT2D eigenvalue weighted by atomic mass is 16.5. The number of piperazine rings is 1. The van der Waals surface area contributed by atoms with Crippen LogP contribution in [0.4, 0.5) is 0 Å². The van der Waals surface area contributed by atoms with E-state index in [2.05, 4.69) is 5.10 Å². The summed E-state index contributed by atoms with van der Waals surface area (Å²) in [6.07, 6.45) is 1.73. The molecule has 0 aliphatic carbocycles. The summed E-state index contributed by atoms with van der Waals surface area (Å²) >= 11 is 0. The lowest BCUT2D eigenvalue weighted by Gasteiger charge is -2.35. The van der Waals surface area contributed by atoms with Crippen molar-refractivity contribution >= 4 is 22.8 Å². The number of methoxy groups -OCH3 is 1. The first-order chi connectivity index (χ1) is 17.5. The van der Waals surface area contributed by atoms with Crippen LogP contribution in [-0.2, 0) is 0 Å². The van der Waals surface area contributed by atoms with Gasteiger partial charge in [0.25, 0.3) is 11.8 Å². The third-order valence-corrected chi connectivity index (χ3v) is 6.53. The van der Waals surface area contributed by atoms with Crippen molar-refractivity contribution < 1.29 is 14.3 Å². The summed E-state index contributed by atoms with van der Waals surface area (Å²) in [5.41, 5.74) is 3.54. The molecule has 184 valence electrons. The second kappa shape index (κ2) is 9.81. The Morgan fingerprint density at radius 2 is 1.58 bits per heavy atom. The zero-order valence-electron chi connectivity index (χ0n) is 20.7. The van der Waals surface area contributed by atoms with Gasteiger partial charge < -0.3 is 14.5 Å². The second-order valence-electron chi connectivity index (χ2n) is 9.16. The fourth-order valence-electron chi connectivity index (χ4n) is 4.55. The van der Waals surface area contributed by atoms with E-state index >= 15 is 0 Å². The predicted octanol–water partition coefficient (Wildman–Crippen LogP) is 4.29. The number of hydrogen-bond donors (Lipinski definition) is 0. The molecule has 1 aliphatic heterocycles. The highest BCUT2D eigenvalue weighted by molar-refractivity contribution is 6.06. The summed E-state index contributed by atoms with van der Waals surface area (Å²) in [5.74, 6) is 0.515. The molecule has 5 rings (SSSR count). The normalized spacial score (nSPS) is 13.9. The van der Waals surface area contributed by atoms with E-state index in [4.69, 9.17) is 9.72 Å². The van der Waals surface area contributed by atoms with Crippen molar-refractivity contribution in [1.29, 1.82) is 0 Å². The molecule has 8 heteroatoms. The minimum Gasteiger partial charge on any atom is -0.497 e. The lowest BCUT2D eigenvalue weighted by Crippen LogP contribution is -2.50. The van der Waals surface area contributed by atoms with Crippen molar-refractivity contribution in [3.05, 3.63) is 78.0 Å². The number of amides is 2. The van der Waals surface area contributed by atoms with Gasteiger partial charge in [0.1, 0.15) is 5.75 Å². The number of ether oxygens (including phenoxy) is 1. The van der Waals surface area contributed by atoms with E-state index < -0.39 is 0 Å². The zero-order chi connectivity index (χ0) is 25.2. The Morgan fingerprint density at radius 1 is 0.889 bits per heavy atom. The highest BCUT2D eigenvalue weighted by Crippen LogP contribution is 2.27. The van der Waals surface area contributed by atoms with Crippen LogP contribution in [0.5, 0.6) is 5.75 Å². The molecule has 0 unspecified atom stereocenters. The van der Waals surface area contributed by atoms with Gasteiger partial charge in [-0.15, -0.1) is 0 Å². The molecule has 1 fully saturated rings. The number of pyridine rings is 1. The molecule has 1 aliphatic rings. The highest BCUT2D eigenvalue weighted by Gasteiger charge is 2.28. The molecule has 0 atom stereocenters. The average molecular weight is 484 g/mol. The Bertz CT molecular complexity index is 1410. The fourth-order valence-corrected chi connectivity index (χ4v) is 4.55. The van der Waals surface area contributed by atoms with Crippen LogP contribution in [0.2, 0.25) is 0 Å². The van der Waals surface area contributed by atoms with E-state index in [9.17, 15) is 9.59 Å². The first-order valence-corrected chi connectivity index (χ1v) is 12.1. The van der Waals surface area contributed by atoms with E-state index in [1.54, 1.807) is 30.3 Å². The van der Waals surface area contributed by atoms with Crippen molar-refractivity contribution in [2.45, 2.75) is 19.9 Å². The third kappa shape index (κ3) is 4.42.